The number of halogens is 2. The molecule has 0 saturated carbocycles. The van der Waals surface area contributed by atoms with E-state index in [0.717, 1.165) is 17.2 Å². The molecule has 0 aliphatic carbocycles. The molecule has 9 nitrogen and oxygen atoms in total. The molecule has 4 rings (SSSR count). The number of aryl methyl sites for hydroxylation is 1. The van der Waals surface area contributed by atoms with E-state index in [1.807, 2.05) is 22.7 Å². The second-order valence-electron chi connectivity index (χ2n) is 7.32. The topological polar surface area (TPSA) is 116 Å². The van der Waals surface area contributed by atoms with Gasteiger partial charge in [-0.05, 0) is 48.4 Å². The van der Waals surface area contributed by atoms with E-state index in [-0.39, 0.29) is 20.6 Å². The number of hydrogen-bond acceptors (Lipinski definition) is 5. The van der Waals surface area contributed by atoms with E-state index in [9.17, 15) is 22.8 Å². The van der Waals surface area contributed by atoms with Gasteiger partial charge in [-0.15, -0.1) is 0 Å². The Balaban J connectivity index is 1.78. The van der Waals surface area contributed by atoms with Crippen LogP contribution in [-0.4, -0.2) is 40.6 Å². The van der Waals surface area contributed by atoms with Gasteiger partial charge in [-0.3, -0.25) is 8.87 Å². The van der Waals surface area contributed by atoms with Crippen molar-refractivity contribution in [2.24, 2.45) is 7.05 Å². The van der Waals surface area contributed by atoms with Gasteiger partial charge in [-0.2, -0.15) is 0 Å². The molecule has 0 spiro atoms. The number of anilines is 3. The van der Waals surface area contributed by atoms with Crippen molar-refractivity contribution in [3.05, 3.63) is 64.4 Å². The monoisotopic (exact) mass is 516 g/mol. The fourth-order valence-corrected chi connectivity index (χ4v) is 7.05. The third-order valence-corrected chi connectivity index (χ3v) is 8.05. The molecule has 32 heavy (non-hydrogen) atoms. The first-order chi connectivity index (χ1) is 15.0. The van der Waals surface area contributed by atoms with Gasteiger partial charge in [0, 0.05) is 41.7 Å². The lowest BCUT2D eigenvalue weighted by atomic mass is 10.1. The van der Waals surface area contributed by atoms with Crippen molar-refractivity contribution in [2.45, 2.75) is 11.3 Å². The van der Waals surface area contributed by atoms with Gasteiger partial charge in [-0.25, -0.2) is 13.4 Å². The minimum Gasteiger partial charge on any atom is -0.323 e. The highest BCUT2D eigenvalue weighted by atomic mass is 35.5. The molecule has 0 radical (unpaired) electrons. The van der Waals surface area contributed by atoms with Gasteiger partial charge in [0.25, 0.3) is 10.0 Å². The molecule has 170 valence electrons. The SMILES string of the molecule is Cn1ccnc1N1CCc2cc(N(CP(=O)(O)O)S(=O)(=O)c3cc(Cl)cc(Cl)c3)ccc21. The van der Waals surface area contributed by atoms with Gasteiger partial charge >= 0.3 is 7.60 Å². The average Bonchev–Trinajstić information content (AvgIpc) is 3.29. The summed E-state index contributed by atoms with van der Waals surface area (Å²) in [4.78, 5) is 25.3. The lowest BCUT2D eigenvalue weighted by Gasteiger charge is -2.26. The number of fused-ring (bicyclic) bond motifs is 1. The highest BCUT2D eigenvalue weighted by molar-refractivity contribution is 7.93. The molecule has 0 saturated heterocycles. The Labute approximate surface area is 195 Å². The fourth-order valence-electron chi connectivity index (χ4n) is 3.64. The van der Waals surface area contributed by atoms with Crippen LogP contribution in [0.25, 0.3) is 0 Å². The predicted molar refractivity (Wildman–Crippen MR) is 123 cm³/mol. The smallest absolute Gasteiger partial charge is 0.323 e. The summed E-state index contributed by atoms with van der Waals surface area (Å²) in [6, 6.07) is 8.60. The van der Waals surface area contributed by atoms with Crippen molar-refractivity contribution in [1.29, 1.82) is 0 Å². The quantitative estimate of drug-likeness (QED) is 0.479. The first-order valence-electron chi connectivity index (χ1n) is 9.37. The van der Waals surface area contributed by atoms with E-state index in [2.05, 4.69) is 4.98 Å². The molecule has 2 heterocycles. The molecule has 0 atom stereocenters. The summed E-state index contributed by atoms with van der Waals surface area (Å²) in [5.41, 5.74) is 1.81. The van der Waals surface area contributed by atoms with Crippen LogP contribution in [0, 0.1) is 0 Å². The summed E-state index contributed by atoms with van der Waals surface area (Å²) >= 11 is 11.9. The zero-order valence-electron chi connectivity index (χ0n) is 16.8. The Morgan fingerprint density at radius 2 is 1.84 bits per heavy atom. The number of benzene rings is 2. The summed E-state index contributed by atoms with van der Waals surface area (Å²) in [5.74, 6) is 0.741. The molecule has 1 aliphatic heterocycles. The zero-order valence-corrected chi connectivity index (χ0v) is 20.0. The van der Waals surface area contributed by atoms with Gasteiger partial charge in [0.05, 0.1) is 10.6 Å². The van der Waals surface area contributed by atoms with Gasteiger partial charge in [0.1, 0.15) is 6.29 Å². The van der Waals surface area contributed by atoms with E-state index in [1.165, 1.54) is 24.3 Å². The molecule has 0 bridgehead atoms. The van der Waals surface area contributed by atoms with E-state index >= 15 is 0 Å². The van der Waals surface area contributed by atoms with Crippen molar-refractivity contribution >= 4 is 58.1 Å². The average molecular weight is 517 g/mol. The van der Waals surface area contributed by atoms with E-state index in [0.29, 0.717) is 17.3 Å². The van der Waals surface area contributed by atoms with Crippen LogP contribution in [0.3, 0.4) is 0 Å². The Kier molecular flexibility index (Phi) is 6.04. The highest BCUT2D eigenvalue weighted by Crippen LogP contribution is 2.42. The first-order valence-corrected chi connectivity index (χ1v) is 13.4. The Bertz CT molecular complexity index is 1320. The summed E-state index contributed by atoms with van der Waals surface area (Å²) in [6.07, 6.45) is 3.10. The lowest BCUT2D eigenvalue weighted by Crippen LogP contribution is -2.32. The fraction of sp³-hybridized carbons (Fsp3) is 0.211. The van der Waals surface area contributed by atoms with Crippen LogP contribution < -0.4 is 9.21 Å². The third-order valence-electron chi connectivity index (χ3n) is 5.02. The molecule has 1 aliphatic rings. The molecular weight excluding hydrogens is 498 g/mol. The van der Waals surface area contributed by atoms with Crippen molar-refractivity contribution in [3.8, 4) is 0 Å². The van der Waals surface area contributed by atoms with Crippen LogP contribution in [0.4, 0.5) is 17.3 Å². The van der Waals surface area contributed by atoms with Crippen LogP contribution in [-0.2, 0) is 28.1 Å². The largest absolute Gasteiger partial charge is 0.345 e. The molecule has 0 amide bonds. The van der Waals surface area contributed by atoms with E-state index in [1.54, 1.807) is 18.3 Å². The molecular formula is C19H19Cl2N4O5PS. The maximum absolute atomic E-state index is 13.4. The Morgan fingerprint density at radius 1 is 1.16 bits per heavy atom. The number of hydrogen-bond donors (Lipinski definition) is 2. The number of imidazole rings is 1. The molecule has 0 fully saturated rings. The van der Waals surface area contributed by atoms with Gasteiger partial charge < -0.3 is 19.3 Å². The summed E-state index contributed by atoms with van der Waals surface area (Å²) in [5, 5.41) is 0.179. The minimum atomic E-state index is -4.75. The maximum atomic E-state index is 13.4. The number of rotatable bonds is 6. The van der Waals surface area contributed by atoms with Crippen LogP contribution >= 0.6 is 30.8 Å². The van der Waals surface area contributed by atoms with Crippen LogP contribution in [0.5, 0.6) is 0 Å². The summed E-state index contributed by atoms with van der Waals surface area (Å²) in [7, 11) is -7.25. The zero-order chi connectivity index (χ0) is 23.3. The molecule has 13 heteroatoms. The number of aromatic nitrogens is 2. The highest BCUT2D eigenvalue weighted by Gasteiger charge is 2.33. The Morgan fingerprint density at radius 3 is 2.44 bits per heavy atom. The van der Waals surface area contributed by atoms with Crippen molar-refractivity contribution in [1.82, 2.24) is 9.55 Å². The molecule has 2 aromatic carbocycles. The molecule has 3 aromatic rings. The van der Waals surface area contributed by atoms with Gasteiger partial charge in [-0.1, -0.05) is 23.2 Å². The number of sulfonamides is 1. The standard InChI is InChI=1S/C19H19Cl2N4O5PS/c1-23-7-5-22-19(23)24-6-4-13-8-16(2-3-18(13)24)25(12-31(26,27)28)32(29,30)17-10-14(20)9-15(21)11-17/h2-3,5,7-11H,4,6,12H2,1H3,(H2,26,27,28). The van der Waals surface area contributed by atoms with Crippen LogP contribution in [0.2, 0.25) is 10.0 Å². The molecule has 2 N–H and O–H groups in total. The van der Waals surface area contributed by atoms with E-state index in [4.69, 9.17) is 23.2 Å². The van der Waals surface area contributed by atoms with Crippen LogP contribution in [0.1, 0.15) is 5.56 Å². The number of nitrogens with zero attached hydrogens (tertiary/aromatic N) is 4. The molecule has 0 unspecified atom stereocenters. The minimum absolute atomic E-state index is 0.0897. The van der Waals surface area contributed by atoms with Crippen molar-refractivity contribution in [3.63, 3.8) is 0 Å². The normalized spacial score (nSPS) is 14.0. The third kappa shape index (κ3) is 4.52. The summed E-state index contributed by atoms with van der Waals surface area (Å²) < 4.78 is 41.1. The lowest BCUT2D eigenvalue weighted by molar-refractivity contribution is 0.373. The maximum Gasteiger partial charge on any atom is 0.345 e. The Hall–Kier alpha value is -2.07. The summed E-state index contributed by atoms with van der Waals surface area (Å²) in [6.45, 7) is 0.638. The van der Waals surface area contributed by atoms with Crippen molar-refractivity contribution < 1.29 is 22.8 Å². The first kappa shape index (κ1) is 23.1. The van der Waals surface area contributed by atoms with Crippen LogP contribution in [0.15, 0.2) is 53.7 Å². The second-order valence-corrected chi connectivity index (χ2v) is 11.7. The van der Waals surface area contributed by atoms with Crippen molar-refractivity contribution in [2.75, 3.05) is 22.0 Å². The second kappa shape index (κ2) is 8.37. The van der Waals surface area contributed by atoms with E-state index < -0.39 is 23.9 Å². The molecule has 1 aromatic heterocycles. The predicted octanol–water partition coefficient (Wildman–Crippen LogP) is 3.75. The van der Waals surface area contributed by atoms with Gasteiger partial charge in [0.15, 0.2) is 0 Å². The van der Waals surface area contributed by atoms with Gasteiger partial charge in [0.2, 0.25) is 5.95 Å².